The lowest BCUT2D eigenvalue weighted by molar-refractivity contribution is -0.182. The Morgan fingerprint density at radius 2 is 1.97 bits per heavy atom. The minimum atomic E-state index is -2.07. The van der Waals surface area contributed by atoms with Gasteiger partial charge in [0.2, 0.25) is 5.78 Å². The number of carbonyl (C=O) groups excluding carboxylic acids is 3. The first-order valence-corrected chi connectivity index (χ1v) is 12.8. The molecule has 3 saturated carbocycles. The number of Topliss-reactive ketones (excluding diaryl/α,β-unsaturated/α-hetero) is 1. The fraction of sp³-hybridized carbons (Fsp3) is 0.517. The molecule has 0 aromatic heterocycles. The number of allylic oxidation sites excluding steroid dienone is 4. The van der Waals surface area contributed by atoms with Gasteiger partial charge in [0.25, 0.3) is 0 Å². The van der Waals surface area contributed by atoms with Crippen LogP contribution < -0.4 is 5.32 Å². The molecule has 5 rings (SSSR count). The zero-order valence-electron chi connectivity index (χ0n) is 21.0. The zero-order chi connectivity index (χ0) is 26.6. The van der Waals surface area contributed by atoms with Crippen LogP contribution in [0.1, 0.15) is 39.5 Å². The Balaban J connectivity index is 1.39. The highest BCUT2D eigenvalue weighted by atomic mass is 16.6. The predicted octanol–water partition coefficient (Wildman–Crippen LogP) is 3.56. The maximum absolute atomic E-state index is 13.5. The molecule has 8 atom stereocenters. The van der Waals surface area contributed by atoms with Gasteiger partial charge in [0.05, 0.1) is 18.1 Å². The summed E-state index contributed by atoms with van der Waals surface area (Å²) in [4.78, 5) is 37.8. The van der Waals surface area contributed by atoms with Crippen LogP contribution in [0.3, 0.4) is 0 Å². The van der Waals surface area contributed by atoms with E-state index in [4.69, 9.17) is 4.74 Å². The Labute approximate surface area is 216 Å². The highest BCUT2D eigenvalue weighted by molar-refractivity contribution is 6.01. The minimum absolute atomic E-state index is 0.0475. The van der Waals surface area contributed by atoms with Gasteiger partial charge in [-0.25, -0.2) is 4.79 Å². The normalized spacial score (nSPS) is 39.9. The molecule has 0 spiro atoms. The van der Waals surface area contributed by atoms with E-state index in [0.717, 1.165) is 5.57 Å². The Kier molecular flexibility index (Phi) is 6.12. The average Bonchev–Trinajstić information content (AvgIpc) is 3.10. The number of hydrogen-bond acceptors (Lipinski definition) is 7. The van der Waals surface area contributed by atoms with E-state index in [2.05, 4.69) is 11.4 Å². The fourth-order valence-electron chi connectivity index (χ4n) is 7.94. The minimum Gasteiger partial charge on any atom is -0.441 e. The number of anilines is 1. The number of aliphatic hydroxyl groups excluding tert-OH is 1. The van der Waals surface area contributed by atoms with E-state index in [1.165, 1.54) is 0 Å². The van der Waals surface area contributed by atoms with Crippen LogP contribution in [0.4, 0.5) is 10.5 Å². The van der Waals surface area contributed by atoms with Crippen molar-refractivity contribution in [3.63, 3.8) is 0 Å². The molecule has 0 unspecified atom stereocenters. The third-order valence-electron chi connectivity index (χ3n) is 9.69. The van der Waals surface area contributed by atoms with Crippen LogP contribution in [-0.4, -0.2) is 46.2 Å². The summed E-state index contributed by atoms with van der Waals surface area (Å²) in [6.07, 6.45) is 5.24. The number of benzene rings is 1. The summed E-state index contributed by atoms with van der Waals surface area (Å²) in [5, 5.41) is 36.0. The van der Waals surface area contributed by atoms with E-state index in [0.29, 0.717) is 24.9 Å². The Hall–Kier alpha value is -3.28. The molecule has 194 valence electrons. The number of rotatable bonds is 4. The Morgan fingerprint density at radius 1 is 1.24 bits per heavy atom. The van der Waals surface area contributed by atoms with Crippen LogP contribution in [0.5, 0.6) is 0 Å². The Morgan fingerprint density at radius 3 is 2.68 bits per heavy atom. The number of carbonyl (C=O) groups is 3. The summed E-state index contributed by atoms with van der Waals surface area (Å²) >= 11 is 0. The van der Waals surface area contributed by atoms with E-state index in [-0.39, 0.29) is 30.0 Å². The van der Waals surface area contributed by atoms with Crippen molar-refractivity contribution in [3.8, 4) is 6.07 Å². The van der Waals surface area contributed by atoms with Crippen molar-refractivity contribution in [1.82, 2.24) is 0 Å². The molecule has 0 bridgehead atoms. The smallest absolute Gasteiger partial charge is 0.412 e. The van der Waals surface area contributed by atoms with Gasteiger partial charge in [-0.05, 0) is 61.8 Å². The van der Waals surface area contributed by atoms with Gasteiger partial charge < -0.3 is 14.9 Å². The predicted molar refractivity (Wildman–Crippen MR) is 134 cm³/mol. The molecular formula is C29H32N2O6. The van der Waals surface area contributed by atoms with Crippen LogP contribution in [-0.2, 0) is 14.3 Å². The van der Waals surface area contributed by atoms with Crippen LogP contribution in [0.25, 0.3) is 0 Å². The Bertz CT molecular complexity index is 1230. The summed E-state index contributed by atoms with van der Waals surface area (Å²) in [6.45, 7) is 3.14. The third kappa shape index (κ3) is 3.75. The van der Waals surface area contributed by atoms with Gasteiger partial charge in [0.15, 0.2) is 12.4 Å². The van der Waals surface area contributed by atoms with E-state index in [9.17, 15) is 29.9 Å². The van der Waals surface area contributed by atoms with Crippen LogP contribution in [0.15, 0.2) is 54.1 Å². The molecule has 1 aromatic carbocycles. The number of para-hydroxylation sites is 1. The molecule has 8 nitrogen and oxygen atoms in total. The van der Waals surface area contributed by atoms with Crippen LogP contribution in [0, 0.1) is 45.8 Å². The standard InChI is InChI=1S/C29H32N2O6/c1-27-11-10-20(32)12-17(27)8-9-21-22-13-18(15-30)29(36,28(22,2)14-23(33)25(21)27)24(34)16-37-26(35)31-19-6-4-3-5-7-19/h3-7,10-12,18,21-23,25,33,36H,8-9,13-14,16H2,1-2H3,(H,31,35)/t18-,21-,22-,23-,25+,27-,28-,29-/m0/s1. The first-order valence-electron chi connectivity index (χ1n) is 12.8. The second-order valence-corrected chi connectivity index (χ2v) is 11.4. The molecule has 4 aliphatic carbocycles. The SMILES string of the molecule is C[C@]12C=CC(=O)C=C1CC[C@@H]1[C@@H]2[C@@H](O)C[C@@]2(C)[C@H]1C[C@@H](C#N)[C@]2(O)C(=O)COC(=O)Nc1ccccc1. The van der Waals surface area contributed by atoms with E-state index in [1.807, 2.05) is 13.0 Å². The van der Waals surface area contributed by atoms with Crippen molar-refractivity contribution in [2.45, 2.75) is 51.2 Å². The van der Waals surface area contributed by atoms with Gasteiger partial charge in [-0.2, -0.15) is 5.26 Å². The molecule has 4 aliphatic rings. The molecule has 3 fully saturated rings. The lowest BCUT2D eigenvalue weighted by Crippen LogP contribution is -2.63. The zero-order valence-corrected chi connectivity index (χ0v) is 21.0. The first kappa shape index (κ1) is 25.4. The molecule has 3 N–H and O–H groups in total. The number of nitriles is 1. The van der Waals surface area contributed by atoms with E-state index >= 15 is 0 Å². The lowest BCUT2D eigenvalue weighted by Gasteiger charge is -2.59. The summed E-state index contributed by atoms with van der Waals surface area (Å²) in [5.41, 5.74) is -2.14. The monoisotopic (exact) mass is 504 g/mol. The highest BCUT2D eigenvalue weighted by Crippen LogP contribution is 2.68. The lowest BCUT2D eigenvalue weighted by atomic mass is 9.46. The van der Waals surface area contributed by atoms with Gasteiger partial charge >= 0.3 is 6.09 Å². The number of hydrogen-bond donors (Lipinski definition) is 3. The van der Waals surface area contributed by atoms with Gasteiger partial charge in [-0.3, -0.25) is 14.9 Å². The second kappa shape index (κ2) is 8.93. The molecule has 8 heteroatoms. The number of nitrogens with zero attached hydrogens (tertiary/aromatic N) is 1. The number of fused-ring (bicyclic) bond motifs is 5. The number of amides is 1. The summed E-state index contributed by atoms with van der Waals surface area (Å²) in [5.74, 6) is -2.21. The highest BCUT2D eigenvalue weighted by Gasteiger charge is 2.71. The molecule has 0 saturated heterocycles. The summed E-state index contributed by atoms with van der Waals surface area (Å²) in [6, 6.07) is 10.8. The average molecular weight is 505 g/mol. The molecule has 37 heavy (non-hydrogen) atoms. The van der Waals surface area contributed by atoms with Crippen molar-refractivity contribution in [2.24, 2.45) is 34.5 Å². The topological polar surface area (TPSA) is 137 Å². The molecule has 0 heterocycles. The maximum atomic E-state index is 13.5. The fourth-order valence-corrected chi connectivity index (χ4v) is 7.94. The third-order valence-corrected chi connectivity index (χ3v) is 9.69. The molecular weight excluding hydrogens is 472 g/mol. The van der Waals surface area contributed by atoms with Gasteiger partial charge in [-0.1, -0.05) is 43.7 Å². The van der Waals surface area contributed by atoms with Gasteiger partial charge in [0, 0.05) is 22.4 Å². The van der Waals surface area contributed by atoms with Crippen molar-refractivity contribution >= 4 is 23.3 Å². The molecule has 1 aromatic rings. The summed E-state index contributed by atoms with van der Waals surface area (Å²) in [7, 11) is 0. The van der Waals surface area contributed by atoms with Crippen molar-refractivity contribution in [3.05, 3.63) is 54.1 Å². The summed E-state index contributed by atoms with van der Waals surface area (Å²) < 4.78 is 5.15. The van der Waals surface area contributed by atoms with E-state index < -0.39 is 46.9 Å². The van der Waals surface area contributed by atoms with Crippen LogP contribution in [0.2, 0.25) is 0 Å². The first-order chi connectivity index (χ1) is 17.5. The van der Waals surface area contributed by atoms with E-state index in [1.54, 1.807) is 49.4 Å². The quantitative estimate of drug-likeness (QED) is 0.570. The largest absolute Gasteiger partial charge is 0.441 e. The van der Waals surface area contributed by atoms with Crippen molar-refractivity contribution in [1.29, 1.82) is 5.26 Å². The number of aliphatic hydroxyl groups is 2. The van der Waals surface area contributed by atoms with Gasteiger partial charge in [-0.15, -0.1) is 0 Å². The molecule has 0 radical (unpaired) electrons. The van der Waals surface area contributed by atoms with Crippen molar-refractivity contribution in [2.75, 3.05) is 11.9 Å². The number of nitrogens with one attached hydrogen (secondary N) is 1. The molecule has 1 amide bonds. The number of ketones is 2. The maximum Gasteiger partial charge on any atom is 0.412 e. The second-order valence-electron chi connectivity index (χ2n) is 11.4. The number of ether oxygens (including phenoxy) is 1. The van der Waals surface area contributed by atoms with Crippen LogP contribution >= 0.6 is 0 Å². The van der Waals surface area contributed by atoms with Crippen molar-refractivity contribution < 1.29 is 29.3 Å². The molecule has 0 aliphatic heterocycles. The van der Waals surface area contributed by atoms with Gasteiger partial charge in [0.1, 0.15) is 5.60 Å².